The van der Waals surface area contributed by atoms with E-state index in [0.717, 1.165) is 12.1 Å². The van der Waals surface area contributed by atoms with Crippen molar-refractivity contribution < 1.29 is 23.1 Å². The van der Waals surface area contributed by atoms with Crippen LogP contribution < -0.4 is 5.32 Å². The summed E-state index contributed by atoms with van der Waals surface area (Å²) in [4.78, 5) is 11.5. The summed E-state index contributed by atoms with van der Waals surface area (Å²) in [6.45, 7) is 4.01. The average Bonchev–Trinajstić information content (AvgIpc) is 2.37. The molecule has 0 bridgehead atoms. The first-order valence-corrected chi connectivity index (χ1v) is 7.46. The molecule has 0 radical (unpaired) electrons. The van der Waals surface area contributed by atoms with E-state index >= 15 is 0 Å². The molecule has 0 saturated heterocycles. The zero-order chi connectivity index (χ0) is 16.0. The Kier molecular flexibility index (Phi) is 6.54. The van der Waals surface area contributed by atoms with E-state index in [1.807, 2.05) is 0 Å². The maximum Gasteiger partial charge on any atom is 0.416 e. The van der Waals surface area contributed by atoms with Crippen molar-refractivity contribution in [2.24, 2.45) is 5.92 Å². The lowest BCUT2D eigenvalue weighted by molar-refractivity contribution is -0.140. The average molecular weight is 321 g/mol. The van der Waals surface area contributed by atoms with Gasteiger partial charge in [-0.05, 0) is 24.1 Å². The Morgan fingerprint density at radius 3 is 2.57 bits per heavy atom. The minimum Gasteiger partial charge on any atom is -0.480 e. The molecule has 0 saturated carbocycles. The monoisotopic (exact) mass is 321 g/mol. The van der Waals surface area contributed by atoms with Gasteiger partial charge in [-0.1, -0.05) is 19.9 Å². The molecule has 0 amide bonds. The highest BCUT2D eigenvalue weighted by molar-refractivity contribution is 7.99. The lowest BCUT2D eigenvalue weighted by Gasteiger charge is -2.17. The molecule has 3 nitrogen and oxygen atoms in total. The van der Waals surface area contributed by atoms with Crippen molar-refractivity contribution >= 4 is 17.7 Å². The van der Waals surface area contributed by atoms with Gasteiger partial charge in [0.05, 0.1) is 5.56 Å². The van der Waals surface area contributed by atoms with Crippen molar-refractivity contribution in [1.82, 2.24) is 5.32 Å². The summed E-state index contributed by atoms with van der Waals surface area (Å²) in [5.74, 6) is -0.479. The molecule has 0 heterocycles. The molecule has 21 heavy (non-hydrogen) atoms. The molecule has 1 atom stereocenters. The van der Waals surface area contributed by atoms with Gasteiger partial charge in [-0.3, -0.25) is 4.79 Å². The van der Waals surface area contributed by atoms with Crippen molar-refractivity contribution in [3.05, 3.63) is 29.8 Å². The highest BCUT2D eigenvalue weighted by Crippen LogP contribution is 2.31. The van der Waals surface area contributed by atoms with Crippen molar-refractivity contribution in [3.8, 4) is 0 Å². The first kappa shape index (κ1) is 17.8. The molecule has 7 heteroatoms. The Morgan fingerprint density at radius 2 is 2.05 bits per heavy atom. The molecule has 0 spiro atoms. The predicted molar refractivity (Wildman–Crippen MR) is 76.4 cm³/mol. The van der Waals surface area contributed by atoms with E-state index in [1.165, 1.54) is 17.8 Å². The molecule has 0 aromatic heterocycles. The first-order chi connectivity index (χ1) is 9.71. The standard InChI is InChI=1S/C14H18F3NO2S/c1-9(2)12(13(19)20)18-6-7-21-11-5-3-4-10(8-11)14(15,16)17/h3-5,8-9,12,18H,6-7H2,1-2H3,(H,19,20). The number of benzene rings is 1. The zero-order valence-electron chi connectivity index (χ0n) is 11.8. The van der Waals surface area contributed by atoms with Gasteiger partial charge in [0.25, 0.3) is 0 Å². The van der Waals surface area contributed by atoms with Crippen LogP contribution in [0.15, 0.2) is 29.2 Å². The van der Waals surface area contributed by atoms with Gasteiger partial charge < -0.3 is 10.4 Å². The molecular weight excluding hydrogens is 303 g/mol. The number of aliphatic carboxylic acids is 1. The third kappa shape index (κ3) is 5.97. The van der Waals surface area contributed by atoms with Crippen LogP contribution in [0.4, 0.5) is 13.2 Å². The second kappa shape index (κ2) is 7.70. The summed E-state index contributed by atoms with van der Waals surface area (Å²) in [7, 11) is 0. The number of carbonyl (C=O) groups is 1. The highest BCUT2D eigenvalue weighted by Gasteiger charge is 2.30. The first-order valence-electron chi connectivity index (χ1n) is 6.48. The van der Waals surface area contributed by atoms with Gasteiger partial charge in [0.2, 0.25) is 0 Å². The van der Waals surface area contributed by atoms with E-state index in [9.17, 15) is 18.0 Å². The Bertz CT molecular complexity index is 478. The Labute approximate surface area is 125 Å². The number of rotatable bonds is 7. The number of nitrogens with one attached hydrogen (secondary N) is 1. The molecule has 2 N–H and O–H groups in total. The topological polar surface area (TPSA) is 49.3 Å². The lowest BCUT2D eigenvalue weighted by Crippen LogP contribution is -2.41. The number of carboxylic acid groups (broad SMARTS) is 1. The molecule has 1 aromatic carbocycles. The zero-order valence-corrected chi connectivity index (χ0v) is 12.6. The van der Waals surface area contributed by atoms with Crippen molar-refractivity contribution in [2.45, 2.75) is 31.0 Å². The molecule has 0 aliphatic carbocycles. The van der Waals surface area contributed by atoms with Gasteiger partial charge in [-0.15, -0.1) is 11.8 Å². The third-order valence-electron chi connectivity index (χ3n) is 2.83. The fraction of sp³-hybridized carbons (Fsp3) is 0.500. The van der Waals surface area contributed by atoms with Crippen LogP contribution in [0.1, 0.15) is 19.4 Å². The Balaban J connectivity index is 2.48. The van der Waals surface area contributed by atoms with E-state index < -0.39 is 23.8 Å². The van der Waals surface area contributed by atoms with Crippen LogP contribution in [-0.4, -0.2) is 29.4 Å². The molecule has 0 aliphatic heterocycles. The van der Waals surface area contributed by atoms with Crippen LogP contribution >= 0.6 is 11.8 Å². The maximum atomic E-state index is 12.6. The van der Waals surface area contributed by atoms with E-state index in [-0.39, 0.29) is 5.92 Å². The number of hydrogen-bond acceptors (Lipinski definition) is 3. The predicted octanol–water partition coefficient (Wildman–Crippen LogP) is 3.50. The second-order valence-corrected chi connectivity index (χ2v) is 6.06. The quantitative estimate of drug-likeness (QED) is 0.596. The van der Waals surface area contributed by atoms with E-state index in [0.29, 0.717) is 17.2 Å². The molecule has 1 aromatic rings. The molecule has 1 unspecified atom stereocenters. The summed E-state index contributed by atoms with van der Waals surface area (Å²) in [5, 5.41) is 11.9. The fourth-order valence-electron chi connectivity index (χ4n) is 1.75. The van der Waals surface area contributed by atoms with Gasteiger partial charge in [0.1, 0.15) is 6.04 Å². The molecule has 118 valence electrons. The minimum absolute atomic E-state index is 0.0546. The van der Waals surface area contributed by atoms with Gasteiger partial charge in [0, 0.05) is 17.2 Å². The third-order valence-corrected chi connectivity index (χ3v) is 3.82. The Morgan fingerprint density at radius 1 is 1.38 bits per heavy atom. The number of carboxylic acids is 1. The normalized spacial score (nSPS) is 13.4. The summed E-state index contributed by atoms with van der Waals surface area (Å²) >= 11 is 1.26. The summed E-state index contributed by atoms with van der Waals surface area (Å²) < 4.78 is 37.7. The van der Waals surface area contributed by atoms with E-state index in [2.05, 4.69) is 5.32 Å². The van der Waals surface area contributed by atoms with Crippen LogP contribution in [0, 0.1) is 5.92 Å². The summed E-state index contributed by atoms with van der Waals surface area (Å²) in [6.07, 6.45) is -4.35. The highest BCUT2D eigenvalue weighted by atomic mass is 32.2. The van der Waals surface area contributed by atoms with E-state index in [4.69, 9.17) is 5.11 Å². The Hall–Kier alpha value is -1.21. The van der Waals surface area contributed by atoms with Gasteiger partial charge in [-0.2, -0.15) is 13.2 Å². The molecule has 0 fully saturated rings. The number of alkyl halides is 3. The summed E-state index contributed by atoms with van der Waals surface area (Å²) in [6, 6.07) is 4.46. The largest absolute Gasteiger partial charge is 0.480 e. The van der Waals surface area contributed by atoms with Crippen LogP contribution in [0.3, 0.4) is 0 Å². The van der Waals surface area contributed by atoms with Crippen LogP contribution in [0.2, 0.25) is 0 Å². The van der Waals surface area contributed by atoms with Gasteiger partial charge in [-0.25, -0.2) is 0 Å². The van der Waals surface area contributed by atoms with Gasteiger partial charge in [0.15, 0.2) is 0 Å². The number of thioether (sulfide) groups is 1. The van der Waals surface area contributed by atoms with Crippen LogP contribution in [-0.2, 0) is 11.0 Å². The summed E-state index contributed by atoms with van der Waals surface area (Å²) in [5.41, 5.74) is -0.675. The molecule has 1 rings (SSSR count). The minimum atomic E-state index is -4.35. The van der Waals surface area contributed by atoms with Crippen molar-refractivity contribution in [1.29, 1.82) is 0 Å². The van der Waals surface area contributed by atoms with E-state index in [1.54, 1.807) is 19.9 Å². The van der Waals surface area contributed by atoms with Crippen molar-refractivity contribution in [3.63, 3.8) is 0 Å². The number of hydrogen-bond donors (Lipinski definition) is 2. The molecule has 0 aliphatic rings. The fourth-order valence-corrected chi connectivity index (χ4v) is 2.59. The second-order valence-electron chi connectivity index (χ2n) is 4.89. The maximum absolute atomic E-state index is 12.6. The number of halogens is 3. The SMILES string of the molecule is CC(C)C(NCCSc1cccc(C(F)(F)F)c1)C(=O)O. The van der Waals surface area contributed by atoms with Crippen molar-refractivity contribution in [2.75, 3.05) is 12.3 Å². The van der Waals surface area contributed by atoms with Crippen LogP contribution in [0.25, 0.3) is 0 Å². The molecular formula is C14H18F3NO2S. The smallest absolute Gasteiger partial charge is 0.416 e. The lowest BCUT2D eigenvalue weighted by atomic mass is 10.1. The van der Waals surface area contributed by atoms with Crippen LogP contribution in [0.5, 0.6) is 0 Å². The van der Waals surface area contributed by atoms with Gasteiger partial charge >= 0.3 is 12.1 Å².